The quantitative estimate of drug-likeness (QED) is 0.458. The van der Waals surface area contributed by atoms with Crippen LogP contribution in [0.1, 0.15) is 35.6 Å². The molecule has 0 aromatic heterocycles. The van der Waals surface area contributed by atoms with Crippen LogP contribution in [-0.4, -0.2) is 20.9 Å². The van der Waals surface area contributed by atoms with Crippen LogP contribution < -0.4 is 0 Å². The molecular formula is C28H23ClN2OS. The third-order valence-electron chi connectivity index (χ3n) is 6.64. The topological polar surface area (TPSA) is 35.8 Å². The Bertz CT molecular complexity index is 1280. The second-order valence-electron chi connectivity index (χ2n) is 8.64. The summed E-state index contributed by atoms with van der Waals surface area (Å²) in [4.78, 5) is 7.25. The van der Waals surface area contributed by atoms with Crippen LogP contribution in [-0.2, 0) is 5.72 Å². The minimum absolute atomic E-state index is 0.0638. The van der Waals surface area contributed by atoms with E-state index >= 15 is 0 Å². The average molecular weight is 471 g/mol. The van der Waals surface area contributed by atoms with Gasteiger partial charge in [0.15, 0.2) is 10.9 Å². The van der Waals surface area contributed by atoms with Crippen LogP contribution >= 0.6 is 23.4 Å². The molecule has 164 valence electrons. The Morgan fingerprint density at radius 1 is 0.939 bits per heavy atom. The Balaban J connectivity index is 1.49. The lowest BCUT2D eigenvalue weighted by molar-refractivity contribution is -0.0637. The lowest BCUT2D eigenvalue weighted by atomic mass is 9.91. The van der Waals surface area contributed by atoms with Crippen LogP contribution in [0.2, 0.25) is 5.02 Å². The van der Waals surface area contributed by atoms with Gasteiger partial charge in [-0.05, 0) is 53.3 Å². The zero-order valence-corrected chi connectivity index (χ0v) is 19.6. The highest BCUT2D eigenvalue weighted by atomic mass is 35.5. The highest BCUT2D eigenvalue weighted by Gasteiger charge is 2.52. The van der Waals surface area contributed by atoms with E-state index in [1.165, 1.54) is 22.3 Å². The van der Waals surface area contributed by atoms with Crippen LogP contribution in [0.25, 0.3) is 6.08 Å². The van der Waals surface area contributed by atoms with Crippen molar-refractivity contribution < 1.29 is 5.11 Å². The van der Waals surface area contributed by atoms with Crippen molar-refractivity contribution in [2.75, 3.05) is 5.75 Å². The number of benzene rings is 3. The molecule has 0 bridgehead atoms. The number of thioether (sulfide) groups is 1. The molecule has 2 unspecified atom stereocenters. The molecule has 0 amide bonds. The van der Waals surface area contributed by atoms with Gasteiger partial charge in [-0.25, -0.2) is 4.99 Å². The van der Waals surface area contributed by atoms with Gasteiger partial charge in [-0.3, -0.25) is 0 Å². The number of allylic oxidation sites excluding steroid dienone is 1. The fraction of sp³-hybridized carbons (Fsp3) is 0.179. The Hall–Kier alpha value is -2.79. The molecule has 0 radical (unpaired) electrons. The monoisotopic (exact) mass is 470 g/mol. The van der Waals surface area contributed by atoms with E-state index < -0.39 is 5.72 Å². The first-order valence-corrected chi connectivity index (χ1v) is 12.5. The number of hydrogen-bond acceptors (Lipinski definition) is 4. The molecule has 33 heavy (non-hydrogen) atoms. The summed E-state index contributed by atoms with van der Waals surface area (Å²) in [5.41, 5.74) is 5.69. The Morgan fingerprint density at radius 2 is 1.64 bits per heavy atom. The highest BCUT2D eigenvalue weighted by Crippen LogP contribution is 2.54. The minimum atomic E-state index is -1.15. The van der Waals surface area contributed by atoms with E-state index in [0.717, 1.165) is 29.3 Å². The second kappa shape index (κ2) is 8.21. The van der Waals surface area contributed by atoms with Gasteiger partial charge in [0, 0.05) is 10.6 Å². The first-order chi connectivity index (χ1) is 16.1. The summed E-state index contributed by atoms with van der Waals surface area (Å²) in [6.45, 7) is 0. The summed E-state index contributed by atoms with van der Waals surface area (Å²) in [5, 5.41) is 13.6. The number of rotatable bonds is 3. The normalized spacial score (nSPS) is 25.3. The van der Waals surface area contributed by atoms with E-state index in [9.17, 15) is 5.11 Å². The van der Waals surface area contributed by atoms with Gasteiger partial charge < -0.3 is 10.0 Å². The van der Waals surface area contributed by atoms with Crippen LogP contribution in [0.3, 0.4) is 0 Å². The number of aliphatic imine (C=N–C) groups is 1. The van der Waals surface area contributed by atoms with E-state index in [-0.39, 0.29) is 6.04 Å². The minimum Gasteiger partial charge on any atom is -0.366 e. The Labute approximate surface area is 203 Å². The van der Waals surface area contributed by atoms with Crippen LogP contribution in [0, 0.1) is 0 Å². The molecule has 0 spiro atoms. The molecular weight excluding hydrogens is 448 g/mol. The molecule has 1 saturated heterocycles. The lowest BCUT2D eigenvalue weighted by Crippen LogP contribution is -2.48. The first-order valence-electron chi connectivity index (χ1n) is 11.2. The Kier molecular flexibility index (Phi) is 5.17. The number of amidine groups is 1. The van der Waals surface area contributed by atoms with Crippen molar-refractivity contribution in [1.82, 2.24) is 4.90 Å². The highest BCUT2D eigenvalue weighted by molar-refractivity contribution is 8.14. The predicted molar refractivity (Wildman–Crippen MR) is 137 cm³/mol. The molecule has 2 heterocycles. The van der Waals surface area contributed by atoms with Gasteiger partial charge >= 0.3 is 0 Å². The fourth-order valence-corrected chi connectivity index (χ4v) is 6.38. The first kappa shape index (κ1) is 20.8. The van der Waals surface area contributed by atoms with Crippen LogP contribution in [0.15, 0.2) is 107 Å². The van der Waals surface area contributed by atoms with Gasteiger partial charge in [0.1, 0.15) is 0 Å². The predicted octanol–water partition coefficient (Wildman–Crippen LogP) is 6.78. The molecule has 6 rings (SSSR count). The van der Waals surface area contributed by atoms with E-state index in [4.69, 9.17) is 16.6 Å². The summed E-state index contributed by atoms with van der Waals surface area (Å²) in [6.07, 6.45) is 4.15. The average Bonchev–Trinajstić information content (AvgIpc) is 3.41. The van der Waals surface area contributed by atoms with Gasteiger partial charge in [-0.1, -0.05) is 96.2 Å². The second-order valence-corrected chi connectivity index (χ2v) is 10.0. The van der Waals surface area contributed by atoms with E-state index in [2.05, 4.69) is 59.5 Å². The Morgan fingerprint density at radius 3 is 2.36 bits per heavy atom. The van der Waals surface area contributed by atoms with Gasteiger partial charge in [0.2, 0.25) is 0 Å². The van der Waals surface area contributed by atoms with E-state index in [1.54, 1.807) is 11.8 Å². The van der Waals surface area contributed by atoms with Crippen molar-refractivity contribution in [3.05, 3.63) is 123 Å². The lowest BCUT2D eigenvalue weighted by Gasteiger charge is -2.43. The van der Waals surface area contributed by atoms with Crippen LogP contribution in [0.4, 0.5) is 0 Å². The molecule has 2 aliphatic heterocycles. The maximum atomic E-state index is 12.0. The van der Waals surface area contributed by atoms with Crippen molar-refractivity contribution in [1.29, 1.82) is 0 Å². The van der Waals surface area contributed by atoms with Crippen LogP contribution in [0.5, 0.6) is 0 Å². The zero-order chi connectivity index (χ0) is 22.4. The van der Waals surface area contributed by atoms with E-state index in [0.29, 0.717) is 10.8 Å². The van der Waals surface area contributed by atoms with Gasteiger partial charge in [0.05, 0.1) is 17.5 Å². The molecule has 1 N–H and O–H groups in total. The van der Waals surface area contributed by atoms with Gasteiger partial charge in [-0.2, -0.15) is 0 Å². The molecule has 5 heteroatoms. The van der Waals surface area contributed by atoms with Gasteiger partial charge in [0.25, 0.3) is 0 Å². The number of hydrogen-bond donors (Lipinski definition) is 1. The maximum absolute atomic E-state index is 12.0. The maximum Gasteiger partial charge on any atom is 0.176 e. The zero-order valence-electron chi connectivity index (χ0n) is 18.0. The van der Waals surface area contributed by atoms with Crippen molar-refractivity contribution >= 4 is 34.6 Å². The molecule has 3 aromatic carbocycles. The molecule has 3 aromatic rings. The van der Waals surface area contributed by atoms with Crippen molar-refractivity contribution in [3.8, 4) is 0 Å². The summed E-state index contributed by atoms with van der Waals surface area (Å²) >= 11 is 7.76. The fourth-order valence-electron chi connectivity index (χ4n) is 5.06. The third kappa shape index (κ3) is 3.54. The summed E-state index contributed by atoms with van der Waals surface area (Å²) in [7, 11) is 0. The van der Waals surface area contributed by atoms with Gasteiger partial charge in [-0.15, -0.1) is 0 Å². The summed E-state index contributed by atoms with van der Waals surface area (Å²) < 4.78 is 0. The number of aliphatic hydroxyl groups is 1. The molecule has 3 nitrogen and oxygen atoms in total. The molecule has 1 fully saturated rings. The number of halogens is 1. The van der Waals surface area contributed by atoms with Crippen molar-refractivity contribution in [2.45, 2.75) is 24.6 Å². The number of nitrogens with zero attached hydrogens (tertiary/aromatic N) is 2. The smallest absolute Gasteiger partial charge is 0.176 e. The molecule has 0 saturated carbocycles. The third-order valence-corrected chi connectivity index (χ3v) is 7.98. The van der Waals surface area contributed by atoms with Crippen molar-refractivity contribution in [2.24, 2.45) is 4.99 Å². The SMILES string of the molecule is OC1(c2ccc(Cl)cc2)CSC2=NC3=C(CC/C3=C\c3ccccc3)C(c3ccccc3)N21. The summed E-state index contributed by atoms with van der Waals surface area (Å²) in [6, 6.07) is 28.4. The largest absolute Gasteiger partial charge is 0.366 e. The van der Waals surface area contributed by atoms with E-state index in [1.807, 2.05) is 36.4 Å². The molecule has 3 aliphatic rings. The number of fused-ring (bicyclic) bond motifs is 1. The standard InChI is InChI=1S/C28H23ClN2OS/c29-23-14-12-22(13-15-23)28(32)18-33-27-30-25-21(17-19-7-3-1-4-8-19)11-16-24(25)26(31(27)28)20-9-5-2-6-10-20/h1-10,12-15,17,26,32H,11,16,18H2/b21-17+. The molecule has 2 atom stereocenters. The van der Waals surface area contributed by atoms with Crippen molar-refractivity contribution in [3.63, 3.8) is 0 Å². The summed E-state index contributed by atoms with van der Waals surface area (Å²) in [5.74, 6) is 0.523. The molecule has 1 aliphatic carbocycles.